The van der Waals surface area contributed by atoms with Crippen LogP contribution in [0.3, 0.4) is 0 Å². The molecule has 2 N–H and O–H groups in total. The van der Waals surface area contributed by atoms with Gasteiger partial charge in [0.05, 0.1) is 22.6 Å². The number of rotatable bonds is 6. The second-order valence-corrected chi connectivity index (χ2v) is 9.15. The molecule has 3 aromatic rings. The molecule has 0 aliphatic rings. The molecule has 9 heteroatoms. The summed E-state index contributed by atoms with van der Waals surface area (Å²) < 4.78 is 68.2. The lowest BCUT2D eigenvalue weighted by atomic mass is 9.91. The molecule has 0 amide bonds. The van der Waals surface area contributed by atoms with Crippen LogP contribution in [0.5, 0.6) is 0 Å². The van der Waals surface area contributed by atoms with Gasteiger partial charge in [-0.3, -0.25) is 4.98 Å². The van der Waals surface area contributed by atoms with Crippen LogP contribution in [-0.4, -0.2) is 18.5 Å². The molecule has 1 aromatic heterocycles. The maximum absolute atomic E-state index is 13.3. The molecule has 3 rings (SSSR count). The Labute approximate surface area is 178 Å². The predicted molar refractivity (Wildman–Crippen MR) is 110 cm³/mol. The van der Waals surface area contributed by atoms with E-state index in [-0.39, 0.29) is 6.61 Å². The summed E-state index contributed by atoms with van der Waals surface area (Å²) in [4.78, 5) is 3.15. The molecule has 0 radical (unpaired) electrons. The largest absolute Gasteiger partial charge is 0.417 e. The molecule has 1 heterocycles. The molecule has 0 atom stereocenters. The summed E-state index contributed by atoms with van der Waals surface area (Å²) in [6.45, 7) is 2.91. The van der Waals surface area contributed by atoms with Gasteiger partial charge in [0.25, 0.3) is 0 Å². The molecule has 2 aromatic carbocycles. The second kappa shape index (κ2) is 8.41. The third-order valence-corrected chi connectivity index (χ3v) is 6.55. The van der Waals surface area contributed by atoms with Crippen LogP contribution in [-0.2, 0) is 28.3 Å². The first-order chi connectivity index (χ1) is 14.5. The summed E-state index contributed by atoms with van der Waals surface area (Å²) in [6, 6.07) is 12.7. The van der Waals surface area contributed by atoms with E-state index < -0.39 is 32.2 Å². The Bertz CT molecular complexity index is 1190. The average molecular weight is 450 g/mol. The minimum atomic E-state index is -4.81. The lowest BCUT2D eigenvalue weighted by Crippen LogP contribution is -2.41. The van der Waals surface area contributed by atoms with Gasteiger partial charge in [-0.15, -0.1) is 0 Å². The van der Waals surface area contributed by atoms with Gasteiger partial charge in [-0.1, -0.05) is 30.3 Å². The molecule has 31 heavy (non-hydrogen) atoms. The highest BCUT2D eigenvalue weighted by Crippen LogP contribution is 2.35. The van der Waals surface area contributed by atoms with E-state index in [9.17, 15) is 26.7 Å². The first kappa shape index (κ1) is 22.9. The molecule has 0 aliphatic carbocycles. The highest BCUT2D eigenvalue weighted by molar-refractivity contribution is 7.89. The molecule has 0 bridgehead atoms. The number of aromatic nitrogens is 1. The Morgan fingerprint density at radius 2 is 1.74 bits per heavy atom. The molecule has 0 fully saturated rings. The van der Waals surface area contributed by atoms with Crippen molar-refractivity contribution in [1.29, 1.82) is 0 Å². The van der Waals surface area contributed by atoms with Gasteiger partial charge < -0.3 is 5.11 Å². The Hall–Kier alpha value is -2.75. The van der Waals surface area contributed by atoms with Crippen LogP contribution < -0.4 is 4.72 Å². The molecule has 0 saturated carbocycles. The van der Waals surface area contributed by atoms with E-state index in [4.69, 9.17) is 0 Å². The summed E-state index contributed by atoms with van der Waals surface area (Å²) in [5.41, 5.74) is 0.125. The number of alkyl halides is 3. The van der Waals surface area contributed by atoms with Gasteiger partial charge in [-0.25, -0.2) is 13.1 Å². The first-order valence-corrected chi connectivity index (χ1v) is 10.8. The smallest absolute Gasteiger partial charge is 0.392 e. The number of aliphatic hydroxyl groups excluding tert-OH is 1. The molecule has 0 saturated heterocycles. The van der Waals surface area contributed by atoms with Crippen LogP contribution in [0.25, 0.3) is 11.1 Å². The Morgan fingerprint density at radius 1 is 1.03 bits per heavy atom. The quantitative estimate of drug-likeness (QED) is 0.581. The predicted octanol–water partition coefficient (Wildman–Crippen LogP) is 4.47. The molecule has 5 nitrogen and oxygen atoms in total. The average Bonchev–Trinajstić information content (AvgIpc) is 2.72. The van der Waals surface area contributed by atoms with E-state index in [0.29, 0.717) is 16.7 Å². The monoisotopic (exact) mass is 450 g/mol. The fraction of sp³-hybridized carbons (Fsp3) is 0.227. The molecule has 0 spiro atoms. The van der Waals surface area contributed by atoms with Crippen molar-refractivity contribution in [3.63, 3.8) is 0 Å². The van der Waals surface area contributed by atoms with Gasteiger partial charge in [0, 0.05) is 18.0 Å². The van der Waals surface area contributed by atoms with E-state index in [2.05, 4.69) is 9.71 Å². The molecule has 0 aliphatic heterocycles. The highest BCUT2D eigenvalue weighted by Gasteiger charge is 2.38. The van der Waals surface area contributed by atoms with Crippen molar-refractivity contribution in [1.82, 2.24) is 9.71 Å². The van der Waals surface area contributed by atoms with Crippen molar-refractivity contribution in [2.75, 3.05) is 0 Å². The fourth-order valence-electron chi connectivity index (χ4n) is 3.30. The molecule has 0 unspecified atom stereocenters. The van der Waals surface area contributed by atoms with Gasteiger partial charge in [0.15, 0.2) is 0 Å². The topological polar surface area (TPSA) is 79.3 Å². The normalized spacial score (nSPS) is 12.7. The van der Waals surface area contributed by atoms with Gasteiger partial charge in [0.2, 0.25) is 10.0 Å². The van der Waals surface area contributed by atoms with Crippen LogP contribution >= 0.6 is 0 Å². The number of hydrogen-bond donors (Lipinski definition) is 2. The maximum atomic E-state index is 13.3. The number of halogens is 3. The van der Waals surface area contributed by atoms with E-state index >= 15 is 0 Å². The number of nitrogens with zero attached hydrogens (tertiary/aromatic N) is 1. The molecular weight excluding hydrogens is 429 g/mol. The number of hydrogen-bond acceptors (Lipinski definition) is 4. The van der Waals surface area contributed by atoms with Crippen molar-refractivity contribution < 1.29 is 26.7 Å². The van der Waals surface area contributed by atoms with E-state index in [0.717, 1.165) is 23.8 Å². The van der Waals surface area contributed by atoms with E-state index in [1.807, 2.05) is 0 Å². The fourth-order valence-corrected chi connectivity index (χ4v) is 4.93. The van der Waals surface area contributed by atoms with Crippen molar-refractivity contribution in [3.05, 3.63) is 83.7 Å². The van der Waals surface area contributed by atoms with Gasteiger partial charge in [-0.05, 0) is 54.8 Å². The Kier molecular flexibility index (Phi) is 6.22. The summed E-state index contributed by atoms with van der Waals surface area (Å²) in [7, 11) is -4.49. The number of nitrogens with one attached hydrogen (secondary N) is 1. The summed E-state index contributed by atoms with van der Waals surface area (Å²) in [5.74, 6) is 0. The van der Waals surface area contributed by atoms with E-state index in [1.165, 1.54) is 12.3 Å². The van der Waals surface area contributed by atoms with Crippen molar-refractivity contribution >= 4 is 10.0 Å². The summed E-state index contributed by atoms with van der Waals surface area (Å²) >= 11 is 0. The summed E-state index contributed by atoms with van der Waals surface area (Å²) in [5, 5.41) is 9.56. The third kappa shape index (κ3) is 4.95. The van der Waals surface area contributed by atoms with Gasteiger partial charge in [-0.2, -0.15) is 13.2 Å². The standard InChI is InChI=1S/C22H21F3N2O3S/c1-21(2,27-31(29,30)20-9-4-3-8-19(20)22(23,24)25)17-7-5-6-15(12-17)18-10-11-26-13-16(18)14-28/h3-13,27-28H,14H2,1-2H3. The molecular formula is C22H21F3N2O3S. The lowest BCUT2D eigenvalue weighted by Gasteiger charge is -2.28. The maximum Gasteiger partial charge on any atom is 0.417 e. The Morgan fingerprint density at radius 3 is 2.42 bits per heavy atom. The van der Waals surface area contributed by atoms with Crippen LogP contribution in [0, 0.1) is 0 Å². The van der Waals surface area contributed by atoms with Crippen LogP contribution in [0.4, 0.5) is 13.2 Å². The number of benzene rings is 2. The van der Waals surface area contributed by atoms with Crippen molar-refractivity contribution in [2.45, 2.75) is 37.1 Å². The SMILES string of the molecule is CC(C)(NS(=O)(=O)c1ccccc1C(F)(F)F)c1cccc(-c2ccncc2CO)c1. The molecule has 164 valence electrons. The zero-order chi connectivity index (χ0) is 22.9. The third-order valence-electron chi connectivity index (χ3n) is 4.84. The second-order valence-electron chi connectivity index (χ2n) is 7.50. The van der Waals surface area contributed by atoms with Gasteiger partial charge in [0.1, 0.15) is 0 Å². The zero-order valence-corrected chi connectivity index (χ0v) is 17.6. The number of aliphatic hydroxyl groups is 1. The zero-order valence-electron chi connectivity index (χ0n) is 16.8. The number of sulfonamides is 1. The Balaban J connectivity index is 2.00. The number of pyridine rings is 1. The van der Waals surface area contributed by atoms with Crippen LogP contribution in [0.2, 0.25) is 0 Å². The van der Waals surface area contributed by atoms with Crippen LogP contribution in [0.15, 0.2) is 71.9 Å². The van der Waals surface area contributed by atoms with Gasteiger partial charge >= 0.3 is 6.18 Å². The summed E-state index contributed by atoms with van der Waals surface area (Å²) in [6.07, 6.45) is -1.70. The lowest BCUT2D eigenvalue weighted by molar-refractivity contribution is -0.139. The van der Waals surface area contributed by atoms with Crippen molar-refractivity contribution in [3.8, 4) is 11.1 Å². The van der Waals surface area contributed by atoms with E-state index in [1.54, 1.807) is 50.4 Å². The minimum Gasteiger partial charge on any atom is -0.392 e. The van der Waals surface area contributed by atoms with Crippen LogP contribution in [0.1, 0.15) is 30.5 Å². The minimum absolute atomic E-state index is 0.225. The highest BCUT2D eigenvalue weighted by atomic mass is 32.2. The first-order valence-electron chi connectivity index (χ1n) is 9.30. The van der Waals surface area contributed by atoms with Crippen molar-refractivity contribution in [2.24, 2.45) is 0 Å².